The highest BCUT2D eigenvalue weighted by atomic mass is 28.3. The zero-order valence-electron chi connectivity index (χ0n) is 13.0. The highest BCUT2D eigenvalue weighted by Gasteiger charge is 2.36. The van der Waals surface area contributed by atoms with E-state index in [0.29, 0.717) is 0 Å². The van der Waals surface area contributed by atoms with Crippen LogP contribution >= 0.6 is 0 Å². The number of rotatable bonds is 8. The molecule has 0 aromatic rings. The molecule has 2 aliphatic rings. The van der Waals surface area contributed by atoms with Gasteiger partial charge in [-0.05, 0) is 23.8 Å². The average Bonchev–Trinajstić information content (AvgIpc) is 2.86. The molecule has 1 fully saturated rings. The predicted octanol–water partition coefficient (Wildman–Crippen LogP) is 5.73. The highest BCUT2D eigenvalue weighted by Crippen LogP contribution is 2.46. The van der Waals surface area contributed by atoms with Crippen LogP contribution in [-0.4, -0.2) is 8.80 Å². The van der Waals surface area contributed by atoms with Crippen molar-refractivity contribution in [1.29, 1.82) is 0 Å². The van der Waals surface area contributed by atoms with Crippen LogP contribution in [0.3, 0.4) is 0 Å². The Bertz CT molecular complexity index is 305. The topological polar surface area (TPSA) is 0 Å². The van der Waals surface area contributed by atoms with Crippen LogP contribution in [0.1, 0.15) is 58.3 Å². The van der Waals surface area contributed by atoms with Crippen LogP contribution in [0.4, 0.5) is 0 Å². The first-order valence-electron chi connectivity index (χ1n) is 8.68. The lowest BCUT2D eigenvalue weighted by atomic mass is 9.92. The van der Waals surface area contributed by atoms with Gasteiger partial charge in [0.15, 0.2) is 0 Å². The molecule has 4 unspecified atom stereocenters. The number of unbranched alkanes of at least 4 members (excludes halogenated alkanes) is 5. The molecule has 0 saturated heterocycles. The Labute approximate surface area is 122 Å². The van der Waals surface area contributed by atoms with Crippen LogP contribution in [0.5, 0.6) is 0 Å². The fraction of sp³-hybridized carbons (Fsp3) is 0.778. The number of hydrogen-bond donors (Lipinski definition) is 0. The van der Waals surface area contributed by atoms with Gasteiger partial charge in [0.1, 0.15) is 0 Å². The van der Waals surface area contributed by atoms with Gasteiger partial charge in [0.25, 0.3) is 0 Å². The van der Waals surface area contributed by atoms with E-state index in [1.54, 1.807) is 6.04 Å². The van der Waals surface area contributed by atoms with Crippen molar-refractivity contribution in [2.24, 2.45) is 11.8 Å². The van der Waals surface area contributed by atoms with Gasteiger partial charge in [0, 0.05) is 8.80 Å². The molecular formula is C18H32Si. The second-order valence-electron chi connectivity index (χ2n) is 6.79. The first-order valence-corrected chi connectivity index (χ1v) is 11.3. The summed E-state index contributed by atoms with van der Waals surface area (Å²) in [6.07, 6.45) is 21.3. The number of fused-ring (bicyclic) bond motifs is 1. The molecule has 4 atom stereocenters. The lowest BCUT2D eigenvalue weighted by Crippen LogP contribution is -2.21. The third kappa shape index (κ3) is 4.34. The quantitative estimate of drug-likeness (QED) is 0.392. The van der Waals surface area contributed by atoms with E-state index in [2.05, 4.69) is 37.8 Å². The van der Waals surface area contributed by atoms with Crippen molar-refractivity contribution in [2.45, 2.75) is 76.4 Å². The zero-order chi connectivity index (χ0) is 13.5. The summed E-state index contributed by atoms with van der Waals surface area (Å²) in [5.74, 6) is 1.82. The van der Waals surface area contributed by atoms with Crippen LogP contribution in [-0.2, 0) is 0 Å². The minimum Gasteiger partial charge on any atom is -0.0809 e. The Morgan fingerprint density at radius 2 is 1.68 bits per heavy atom. The molecule has 0 radical (unpaired) electrons. The molecule has 19 heavy (non-hydrogen) atoms. The van der Waals surface area contributed by atoms with Crippen molar-refractivity contribution in [3.8, 4) is 0 Å². The van der Waals surface area contributed by atoms with Crippen molar-refractivity contribution in [1.82, 2.24) is 0 Å². The van der Waals surface area contributed by atoms with E-state index < -0.39 is 8.80 Å². The van der Waals surface area contributed by atoms with Gasteiger partial charge in [-0.2, -0.15) is 0 Å². The molecule has 0 amide bonds. The minimum atomic E-state index is -0.493. The van der Waals surface area contributed by atoms with Gasteiger partial charge in [-0.3, -0.25) is 0 Å². The Morgan fingerprint density at radius 3 is 2.53 bits per heavy atom. The van der Waals surface area contributed by atoms with Crippen LogP contribution in [0.25, 0.3) is 0 Å². The summed E-state index contributed by atoms with van der Waals surface area (Å²) in [7, 11) is -0.493. The predicted molar refractivity (Wildman–Crippen MR) is 89.4 cm³/mol. The van der Waals surface area contributed by atoms with E-state index in [1.165, 1.54) is 51.4 Å². The van der Waals surface area contributed by atoms with E-state index in [9.17, 15) is 0 Å². The standard InChI is InChI=1S/C18H32Si/c1-3-4-5-6-7-10-15-19(2)18-14-13-16-11-8-9-12-17(16)18/h8-9,11-12,16-19H,3-7,10,13-15H2,1-2H3. The first kappa shape index (κ1) is 15.1. The van der Waals surface area contributed by atoms with E-state index >= 15 is 0 Å². The Morgan fingerprint density at radius 1 is 0.947 bits per heavy atom. The molecule has 0 heterocycles. The van der Waals surface area contributed by atoms with Crippen molar-refractivity contribution < 1.29 is 0 Å². The number of hydrogen-bond acceptors (Lipinski definition) is 0. The SMILES string of the molecule is CCCCCCCC[SiH](C)C1CCC2C=CC=CC21. The van der Waals surface area contributed by atoms with Gasteiger partial charge in [-0.15, -0.1) is 0 Å². The van der Waals surface area contributed by atoms with Gasteiger partial charge in [0.05, 0.1) is 0 Å². The van der Waals surface area contributed by atoms with Crippen LogP contribution < -0.4 is 0 Å². The maximum atomic E-state index is 2.64. The zero-order valence-corrected chi connectivity index (χ0v) is 14.1. The molecule has 0 nitrogen and oxygen atoms in total. The summed E-state index contributed by atoms with van der Waals surface area (Å²) in [6, 6.07) is 1.59. The molecule has 0 N–H and O–H groups in total. The largest absolute Gasteiger partial charge is 0.0809 e. The van der Waals surface area contributed by atoms with Crippen LogP contribution in [0, 0.1) is 11.8 Å². The molecule has 1 heteroatoms. The first-order chi connectivity index (χ1) is 9.33. The Kier molecular flexibility index (Phi) is 6.43. The molecular weight excluding hydrogens is 244 g/mol. The van der Waals surface area contributed by atoms with E-state index in [1.807, 2.05) is 0 Å². The molecule has 108 valence electrons. The lowest BCUT2D eigenvalue weighted by Gasteiger charge is -2.26. The van der Waals surface area contributed by atoms with Crippen LogP contribution in [0.15, 0.2) is 24.3 Å². The second-order valence-corrected chi connectivity index (χ2v) is 10.2. The molecule has 0 aromatic heterocycles. The summed E-state index contributed by atoms with van der Waals surface area (Å²) in [6.45, 7) is 4.95. The van der Waals surface area contributed by atoms with Gasteiger partial charge in [0.2, 0.25) is 0 Å². The molecule has 0 bridgehead atoms. The smallest absolute Gasteiger partial charge is 0.0375 e. The summed E-state index contributed by atoms with van der Waals surface area (Å²) in [5.41, 5.74) is 1.10. The fourth-order valence-electron chi connectivity index (χ4n) is 4.12. The third-order valence-corrected chi connectivity index (χ3v) is 8.93. The van der Waals surface area contributed by atoms with Crippen molar-refractivity contribution >= 4 is 8.80 Å². The normalized spacial score (nSPS) is 30.5. The van der Waals surface area contributed by atoms with E-state index in [4.69, 9.17) is 0 Å². The molecule has 2 aliphatic carbocycles. The average molecular weight is 277 g/mol. The van der Waals surface area contributed by atoms with Gasteiger partial charge in [-0.25, -0.2) is 0 Å². The molecule has 0 spiro atoms. The maximum absolute atomic E-state index is 2.64. The third-order valence-electron chi connectivity index (χ3n) is 5.37. The van der Waals surface area contributed by atoms with Gasteiger partial charge in [-0.1, -0.05) is 88.8 Å². The monoisotopic (exact) mass is 276 g/mol. The summed E-state index contributed by atoms with van der Waals surface area (Å²) >= 11 is 0. The Balaban J connectivity index is 1.65. The molecule has 1 saturated carbocycles. The van der Waals surface area contributed by atoms with E-state index in [0.717, 1.165) is 17.4 Å². The van der Waals surface area contributed by atoms with Gasteiger partial charge >= 0.3 is 0 Å². The summed E-state index contributed by atoms with van der Waals surface area (Å²) in [4.78, 5) is 0. The maximum Gasteiger partial charge on any atom is 0.0375 e. The molecule has 2 rings (SSSR count). The van der Waals surface area contributed by atoms with Crippen molar-refractivity contribution in [3.05, 3.63) is 24.3 Å². The minimum absolute atomic E-state index is 0.493. The second kappa shape index (κ2) is 8.09. The Hall–Kier alpha value is -0.303. The summed E-state index contributed by atoms with van der Waals surface area (Å²) < 4.78 is 0. The van der Waals surface area contributed by atoms with E-state index in [-0.39, 0.29) is 0 Å². The fourth-order valence-corrected chi connectivity index (χ4v) is 7.42. The molecule has 0 aliphatic heterocycles. The van der Waals surface area contributed by atoms with Crippen LogP contribution in [0.2, 0.25) is 18.1 Å². The van der Waals surface area contributed by atoms with Crippen molar-refractivity contribution in [2.75, 3.05) is 0 Å². The summed E-state index contributed by atoms with van der Waals surface area (Å²) in [5, 5.41) is 0. The number of allylic oxidation sites excluding steroid dienone is 4. The van der Waals surface area contributed by atoms with Crippen molar-refractivity contribution in [3.63, 3.8) is 0 Å². The molecule has 0 aromatic carbocycles. The van der Waals surface area contributed by atoms with Gasteiger partial charge < -0.3 is 0 Å². The highest BCUT2D eigenvalue weighted by molar-refractivity contribution is 6.59. The lowest BCUT2D eigenvalue weighted by molar-refractivity contribution is 0.546.